The molecule has 1 heterocycles. The molecule has 0 aromatic carbocycles. The van der Waals surface area contributed by atoms with Crippen molar-refractivity contribution in [2.45, 2.75) is 32.0 Å². The Bertz CT molecular complexity index is 74.9. The van der Waals surface area contributed by atoms with Crippen LogP contribution in [0.25, 0.3) is 0 Å². The van der Waals surface area contributed by atoms with Crippen LogP contribution >= 0.6 is 0 Å². The fourth-order valence-corrected chi connectivity index (χ4v) is 1.06. The summed E-state index contributed by atoms with van der Waals surface area (Å²) in [6.45, 7) is 2.78. The van der Waals surface area contributed by atoms with Crippen molar-refractivity contribution < 1.29 is 4.74 Å². The monoisotopic (exact) mass is 115 g/mol. The third kappa shape index (κ3) is 1.20. The van der Waals surface area contributed by atoms with Crippen molar-refractivity contribution in [2.24, 2.45) is 5.73 Å². The lowest BCUT2D eigenvalue weighted by Gasteiger charge is -2.05. The van der Waals surface area contributed by atoms with Gasteiger partial charge in [0.05, 0.1) is 12.2 Å². The number of rotatable bonds is 1. The molecule has 1 rings (SSSR count). The zero-order valence-corrected chi connectivity index (χ0v) is 5.26. The van der Waals surface area contributed by atoms with Crippen LogP contribution in [0.2, 0.25) is 0 Å². The van der Waals surface area contributed by atoms with E-state index in [1.54, 1.807) is 0 Å². The molecule has 0 saturated carbocycles. The van der Waals surface area contributed by atoms with Gasteiger partial charge in [0.1, 0.15) is 0 Å². The van der Waals surface area contributed by atoms with Gasteiger partial charge >= 0.3 is 0 Å². The number of hydrogen-bond acceptors (Lipinski definition) is 2. The molecule has 2 atom stereocenters. The number of hydrogen-bond donors (Lipinski definition) is 1. The summed E-state index contributed by atoms with van der Waals surface area (Å²) in [5.41, 5.74) is 5.37. The second kappa shape index (κ2) is 2.46. The molecule has 0 radical (unpaired) electrons. The smallest absolute Gasteiger partial charge is 0.0701 e. The van der Waals surface area contributed by atoms with Crippen LogP contribution < -0.4 is 5.73 Å². The Kier molecular flexibility index (Phi) is 1.86. The van der Waals surface area contributed by atoms with E-state index in [2.05, 4.69) is 6.92 Å². The van der Waals surface area contributed by atoms with E-state index in [9.17, 15) is 0 Å². The van der Waals surface area contributed by atoms with Crippen molar-refractivity contribution in [3.05, 3.63) is 0 Å². The Morgan fingerprint density at radius 1 is 1.62 bits per heavy atom. The molecule has 2 nitrogen and oxygen atoms in total. The standard InChI is InChI=1S/C6H13NO/c1-5-2-3-6(4-7)8-5/h5-6H,2-4,7H2,1H3/t5-,6?/m0/s1. The highest BCUT2D eigenvalue weighted by Crippen LogP contribution is 2.17. The van der Waals surface area contributed by atoms with E-state index in [1.165, 1.54) is 6.42 Å². The molecule has 0 aromatic heterocycles. The fourth-order valence-electron chi connectivity index (χ4n) is 1.06. The third-order valence-electron chi connectivity index (χ3n) is 1.58. The first-order valence-electron chi connectivity index (χ1n) is 3.18. The largest absolute Gasteiger partial charge is 0.374 e. The van der Waals surface area contributed by atoms with Crippen LogP contribution in [0.4, 0.5) is 0 Å². The third-order valence-corrected chi connectivity index (χ3v) is 1.58. The molecule has 2 heteroatoms. The molecule has 0 spiro atoms. The summed E-state index contributed by atoms with van der Waals surface area (Å²) in [4.78, 5) is 0. The molecule has 2 N–H and O–H groups in total. The van der Waals surface area contributed by atoms with E-state index in [-0.39, 0.29) is 0 Å². The summed E-state index contributed by atoms with van der Waals surface area (Å²) >= 11 is 0. The Morgan fingerprint density at radius 3 is 2.62 bits per heavy atom. The highest BCUT2D eigenvalue weighted by molar-refractivity contribution is 4.70. The molecule has 0 aromatic rings. The lowest BCUT2D eigenvalue weighted by Crippen LogP contribution is -2.19. The molecule has 1 unspecified atom stereocenters. The summed E-state index contributed by atoms with van der Waals surface area (Å²) in [6.07, 6.45) is 3.13. The molecule has 48 valence electrons. The Labute approximate surface area is 50.0 Å². The van der Waals surface area contributed by atoms with E-state index in [1.807, 2.05) is 0 Å². The molecule has 1 aliphatic rings. The molecule has 1 saturated heterocycles. The van der Waals surface area contributed by atoms with Crippen LogP contribution in [0.1, 0.15) is 19.8 Å². The van der Waals surface area contributed by atoms with Gasteiger partial charge in [-0.05, 0) is 19.8 Å². The molecule has 1 aliphatic heterocycles. The SMILES string of the molecule is C[C@H]1CCC(CN)O1. The van der Waals surface area contributed by atoms with E-state index in [0.717, 1.165) is 6.42 Å². The van der Waals surface area contributed by atoms with Crippen molar-refractivity contribution in [1.82, 2.24) is 0 Å². The summed E-state index contributed by atoms with van der Waals surface area (Å²) in [5, 5.41) is 0. The minimum absolute atomic E-state index is 0.352. The Morgan fingerprint density at radius 2 is 2.38 bits per heavy atom. The lowest BCUT2D eigenvalue weighted by atomic mass is 10.2. The predicted octanol–water partition coefficient (Wildman–Crippen LogP) is 0.513. The fraction of sp³-hybridized carbons (Fsp3) is 1.00. The van der Waals surface area contributed by atoms with Gasteiger partial charge in [0.2, 0.25) is 0 Å². The molecule has 0 aliphatic carbocycles. The summed E-state index contributed by atoms with van der Waals surface area (Å²) < 4.78 is 5.39. The summed E-state index contributed by atoms with van der Waals surface area (Å²) in [5.74, 6) is 0. The van der Waals surface area contributed by atoms with Gasteiger partial charge in [-0.25, -0.2) is 0 Å². The van der Waals surface area contributed by atoms with Gasteiger partial charge in [-0.3, -0.25) is 0 Å². The van der Waals surface area contributed by atoms with Gasteiger partial charge in [0.25, 0.3) is 0 Å². The van der Waals surface area contributed by atoms with Crippen LogP contribution in [-0.4, -0.2) is 18.8 Å². The lowest BCUT2D eigenvalue weighted by molar-refractivity contribution is 0.0612. The Hall–Kier alpha value is -0.0800. The molecule has 0 amide bonds. The topological polar surface area (TPSA) is 35.2 Å². The van der Waals surface area contributed by atoms with Crippen LogP contribution in [-0.2, 0) is 4.74 Å². The van der Waals surface area contributed by atoms with Crippen LogP contribution in [0.3, 0.4) is 0 Å². The van der Waals surface area contributed by atoms with E-state index in [4.69, 9.17) is 10.5 Å². The maximum atomic E-state index is 5.39. The molecular formula is C6H13NO. The van der Waals surface area contributed by atoms with Crippen molar-refractivity contribution in [3.8, 4) is 0 Å². The first kappa shape index (κ1) is 6.05. The Balaban J connectivity index is 2.22. The van der Waals surface area contributed by atoms with E-state index >= 15 is 0 Å². The van der Waals surface area contributed by atoms with Crippen LogP contribution in [0, 0.1) is 0 Å². The molecular weight excluding hydrogens is 102 g/mol. The first-order chi connectivity index (χ1) is 3.83. The van der Waals surface area contributed by atoms with Crippen molar-refractivity contribution >= 4 is 0 Å². The summed E-state index contributed by atoms with van der Waals surface area (Å²) in [7, 11) is 0. The second-order valence-corrected chi connectivity index (χ2v) is 2.38. The van der Waals surface area contributed by atoms with Crippen molar-refractivity contribution in [2.75, 3.05) is 6.54 Å². The van der Waals surface area contributed by atoms with Gasteiger partial charge in [0.15, 0.2) is 0 Å². The molecule has 0 bridgehead atoms. The van der Waals surface area contributed by atoms with Gasteiger partial charge in [-0.1, -0.05) is 0 Å². The number of nitrogens with two attached hydrogens (primary N) is 1. The van der Waals surface area contributed by atoms with Gasteiger partial charge in [0, 0.05) is 6.54 Å². The van der Waals surface area contributed by atoms with Gasteiger partial charge in [-0.2, -0.15) is 0 Å². The number of ether oxygens (including phenoxy) is 1. The van der Waals surface area contributed by atoms with Crippen molar-refractivity contribution in [1.29, 1.82) is 0 Å². The zero-order valence-electron chi connectivity index (χ0n) is 5.26. The second-order valence-electron chi connectivity index (χ2n) is 2.38. The highest BCUT2D eigenvalue weighted by atomic mass is 16.5. The maximum absolute atomic E-state index is 5.39. The van der Waals surface area contributed by atoms with Crippen molar-refractivity contribution in [3.63, 3.8) is 0 Å². The summed E-state index contributed by atoms with van der Waals surface area (Å²) in [6, 6.07) is 0. The zero-order chi connectivity index (χ0) is 5.98. The van der Waals surface area contributed by atoms with Crippen LogP contribution in [0.15, 0.2) is 0 Å². The first-order valence-corrected chi connectivity index (χ1v) is 3.18. The van der Waals surface area contributed by atoms with E-state index in [0.29, 0.717) is 18.8 Å². The van der Waals surface area contributed by atoms with Crippen LogP contribution in [0.5, 0.6) is 0 Å². The highest BCUT2D eigenvalue weighted by Gasteiger charge is 2.19. The average molecular weight is 115 g/mol. The normalized spacial score (nSPS) is 38.2. The minimum Gasteiger partial charge on any atom is -0.374 e. The van der Waals surface area contributed by atoms with Gasteiger partial charge in [-0.15, -0.1) is 0 Å². The predicted molar refractivity (Wildman–Crippen MR) is 32.6 cm³/mol. The van der Waals surface area contributed by atoms with E-state index < -0.39 is 0 Å². The van der Waals surface area contributed by atoms with Gasteiger partial charge < -0.3 is 10.5 Å². The average Bonchev–Trinajstić information content (AvgIpc) is 2.14. The molecule has 8 heavy (non-hydrogen) atoms. The maximum Gasteiger partial charge on any atom is 0.0701 e. The quantitative estimate of drug-likeness (QED) is 0.540. The molecule has 1 fully saturated rings. The minimum atomic E-state index is 0.352.